The van der Waals surface area contributed by atoms with Gasteiger partial charge in [0.05, 0.1) is 6.61 Å². The molecule has 0 radical (unpaired) electrons. The molecule has 0 heterocycles. The van der Waals surface area contributed by atoms with Crippen molar-refractivity contribution in [2.75, 3.05) is 6.61 Å². The predicted molar refractivity (Wildman–Crippen MR) is 90.7 cm³/mol. The van der Waals surface area contributed by atoms with Gasteiger partial charge in [0.1, 0.15) is 5.75 Å². The van der Waals surface area contributed by atoms with Gasteiger partial charge in [0, 0.05) is 11.1 Å². The van der Waals surface area contributed by atoms with Crippen molar-refractivity contribution in [1.29, 1.82) is 0 Å². The quantitative estimate of drug-likeness (QED) is 0.909. The molecule has 0 atom stereocenters. The summed E-state index contributed by atoms with van der Waals surface area (Å²) in [5.74, 6) is 3.52. The molecule has 0 aliphatic heterocycles. The van der Waals surface area contributed by atoms with Crippen molar-refractivity contribution in [2.45, 2.75) is 57.9 Å². The van der Waals surface area contributed by atoms with Crippen LogP contribution in [-0.4, -0.2) is 18.1 Å². The number of ether oxygens (including phenoxy) is 1. The molecule has 4 saturated carbocycles. The summed E-state index contributed by atoms with van der Waals surface area (Å²) in [6, 6.07) is 5.78. The van der Waals surface area contributed by atoms with E-state index in [-0.39, 0.29) is 11.4 Å². The van der Waals surface area contributed by atoms with Gasteiger partial charge in [-0.2, -0.15) is 0 Å². The fourth-order valence-electron chi connectivity index (χ4n) is 5.68. The van der Waals surface area contributed by atoms with Gasteiger partial charge in [-0.3, -0.25) is 4.79 Å². The Morgan fingerprint density at radius 3 is 2.30 bits per heavy atom. The van der Waals surface area contributed by atoms with Crippen LogP contribution in [0.5, 0.6) is 5.75 Å². The highest BCUT2D eigenvalue weighted by Crippen LogP contribution is 2.55. The zero-order chi connectivity index (χ0) is 16.0. The van der Waals surface area contributed by atoms with Crippen LogP contribution >= 0.6 is 0 Å². The van der Waals surface area contributed by atoms with Crippen LogP contribution in [0.3, 0.4) is 0 Å². The molecule has 124 valence electrons. The minimum absolute atomic E-state index is 0.0817. The first kappa shape index (κ1) is 15.0. The van der Waals surface area contributed by atoms with Crippen molar-refractivity contribution >= 4 is 5.91 Å². The molecular formula is C20H27NO2. The molecule has 3 heteroatoms. The van der Waals surface area contributed by atoms with E-state index in [0.29, 0.717) is 6.61 Å². The third-order valence-corrected chi connectivity index (χ3v) is 6.15. The monoisotopic (exact) mass is 313 g/mol. The molecule has 4 aliphatic rings. The Balaban J connectivity index is 1.51. The molecule has 0 aromatic heterocycles. The number of hydrogen-bond acceptors (Lipinski definition) is 2. The smallest absolute Gasteiger partial charge is 0.251 e. The normalized spacial score (nSPS) is 34.4. The van der Waals surface area contributed by atoms with Crippen LogP contribution in [0.15, 0.2) is 18.2 Å². The van der Waals surface area contributed by atoms with Crippen LogP contribution in [0.25, 0.3) is 0 Å². The first-order valence-corrected chi connectivity index (χ1v) is 9.13. The standard InChI is InChI=1S/C20H27NO2/c1-3-23-18-5-4-17(6-13(18)2)19(22)21-20-10-14-7-15(11-20)9-16(8-14)12-20/h4-6,14-16H,3,7-12H2,1-2H3,(H,21,22). The van der Waals surface area contributed by atoms with Crippen molar-refractivity contribution in [3.8, 4) is 5.75 Å². The summed E-state index contributed by atoms with van der Waals surface area (Å²) in [6.07, 6.45) is 7.79. The lowest BCUT2D eigenvalue weighted by molar-refractivity contribution is -0.0167. The predicted octanol–water partition coefficient (Wildman–Crippen LogP) is 4.09. The summed E-state index contributed by atoms with van der Waals surface area (Å²) in [5, 5.41) is 3.44. The fraction of sp³-hybridized carbons (Fsp3) is 0.650. The number of carbonyl (C=O) groups excluding carboxylic acids is 1. The van der Waals surface area contributed by atoms with E-state index in [9.17, 15) is 4.79 Å². The third-order valence-electron chi connectivity index (χ3n) is 6.15. The molecule has 0 spiro atoms. The summed E-state index contributed by atoms with van der Waals surface area (Å²) in [6.45, 7) is 4.64. The van der Waals surface area contributed by atoms with Gasteiger partial charge in [-0.15, -0.1) is 0 Å². The van der Waals surface area contributed by atoms with E-state index in [4.69, 9.17) is 4.74 Å². The number of carbonyl (C=O) groups is 1. The Kier molecular flexibility index (Phi) is 3.62. The molecule has 0 unspecified atom stereocenters. The number of rotatable bonds is 4. The zero-order valence-corrected chi connectivity index (χ0v) is 14.2. The van der Waals surface area contributed by atoms with Gasteiger partial charge in [0.25, 0.3) is 5.91 Å². The van der Waals surface area contributed by atoms with Crippen molar-refractivity contribution in [3.05, 3.63) is 29.3 Å². The first-order chi connectivity index (χ1) is 11.1. The fourth-order valence-corrected chi connectivity index (χ4v) is 5.68. The average molecular weight is 313 g/mol. The summed E-state index contributed by atoms with van der Waals surface area (Å²) in [7, 11) is 0. The zero-order valence-electron chi connectivity index (χ0n) is 14.2. The van der Waals surface area contributed by atoms with E-state index >= 15 is 0 Å². The molecule has 1 amide bonds. The molecule has 4 aliphatic carbocycles. The largest absolute Gasteiger partial charge is 0.494 e. The summed E-state index contributed by atoms with van der Waals surface area (Å²) in [4.78, 5) is 12.8. The van der Waals surface area contributed by atoms with Gasteiger partial charge >= 0.3 is 0 Å². The van der Waals surface area contributed by atoms with E-state index in [0.717, 1.165) is 34.6 Å². The number of amides is 1. The maximum Gasteiger partial charge on any atom is 0.251 e. The molecule has 5 rings (SSSR count). The maximum absolute atomic E-state index is 12.8. The lowest BCUT2D eigenvalue weighted by Gasteiger charge is -2.56. The molecule has 1 aromatic carbocycles. The van der Waals surface area contributed by atoms with Crippen molar-refractivity contribution in [2.24, 2.45) is 17.8 Å². The van der Waals surface area contributed by atoms with E-state index in [1.807, 2.05) is 32.0 Å². The summed E-state index contributed by atoms with van der Waals surface area (Å²) >= 11 is 0. The molecule has 1 aromatic rings. The van der Waals surface area contributed by atoms with E-state index < -0.39 is 0 Å². The van der Waals surface area contributed by atoms with E-state index in [1.54, 1.807) is 0 Å². The lowest BCUT2D eigenvalue weighted by Crippen LogP contribution is -2.59. The SMILES string of the molecule is CCOc1ccc(C(=O)NC23CC4CC(CC(C4)C2)C3)cc1C. The van der Waals surface area contributed by atoms with Gasteiger partial charge in [0.15, 0.2) is 0 Å². The molecular weight excluding hydrogens is 286 g/mol. The number of aryl methyl sites for hydroxylation is 1. The van der Waals surface area contributed by atoms with Crippen LogP contribution in [0.4, 0.5) is 0 Å². The lowest BCUT2D eigenvalue weighted by atomic mass is 9.53. The number of benzene rings is 1. The Morgan fingerprint density at radius 2 is 1.78 bits per heavy atom. The van der Waals surface area contributed by atoms with E-state index in [1.165, 1.54) is 38.5 Å². The first-order valence-electron chi connectivity index (χ1n) is 9.13. The van der Waals surface area contributed by atoms with Gasteiger partial charge < -0.3 is 10.1 Å². The van der Waals surface area contributed by atoms with Gasteiger partial charge in [-0.25, -0.2) is 0 Å². The Hall–Kier alpha value is -1.51. The second-order valence-electron chi connectivity index (χ2n) is 8.07. The Bertz CT molecular complexity index is 587. The molecule has 23 heavy (non-hydrogen) atoms. The van der Waals surface area contributed by atoms with Crippen molar-refractivity contribution in [3.63, 3.8) is 0 Å². The molecule has 1 N–H and O–H groups in total. The third kappa shape index (κ3) is 2.75. The van der Waals surface area contributed by atoms with Crippen LogP contribution in [0.1, 0.15) is 61.4 Å². The maximum atomic E-state index is 12.8. The van der Waals surface area contributed by atoms with Crippen LogP contribution in [0.2, 0.25) is 0 Å². The van der Waals surface area contributed by atoms with Gasteiger partial charge in [0.2, 0.25) is 0 Å². The second kappa shape index (κ2) is 5.54. The minimum atomic E-state index is 0.0817. The number of nitrogens with one attached hydrogen (secondary N) is 1. The minimum Gasteiger partial charge on any atom is -0.494 e. The summed E-state index contributed by atoms with van der Waals surface area (Å²) < 4.78 is 5.57. The van der Waals surface area contributed by atoms with Gasteiger partial charge in [-0.05, 0) is 93.9 Å². The molecule has 4 bridgehead atoms. The van der Waals surface area contributed by atoms with Crippen LogP contribution in [-0.2, 0) is 0 Å². The van der Waals surface area contributed by atoms with E-state index in [2.05, 4.69) is 5.32 Å². The second-order valence-corrected chi connectivity index (χ2v) is 8.07. The molecule has 4 fully saturated rings. The highest BCUT2D eigenvalue weighted by atomic mass is 16.5. The van der Waals surface area contributed by atoms with Gasteiger partial charge in [-0.1, -0.05) is 0 Å². The van der Waals surface area contributed by atoms with Crippen LogP contribution < -0.4 is 10.1 Å². The highest BCUT2D eigenvalue weighted by molar-refractivity contribution is 5.95. The Labute approximate surface area is 138 Å². The molecule has 0 saturated heterocycles. The summed E-state index contributed by atoms with van der Waals surface area (Å²) in [5.41, 5.74) is 1.88. The van der Waals surface area contributed by atoms with Crippen molar-refractivity contribution < 1.29 is 9.53 Å². The average Bonchev–Trinajstić information content (AvgIpc) is 2.47. The topological polar surface area (TPSA) is 38.3 Å². The van der Waals surface area contributed by atoms with Crippen molar-refractivity contribution in [1.82, 2.24) is 5.32 Å². The number of hydrogen-bond donors (Lipinski definition) is 1. The van der Waals surface area contributed by atoms with Crippen LogP contribution in [0, 0.1) is 24.7 Å². The highest BCUT2D eigenvalue weighted by Gasteiger charge is 2.51. The molecule has 3 nitrogen and oxygen atoms in total. The Morgan fingerprint density at radius 1 is 1.17 bits per heavy atom.